The van der Waals surface area contributed by atoms with Crippen molar-refractivity contribution < 1.29 is 22.9 Å². The van der Waals surface area contributed by atoms with Crippen LogP contribution in [-0.4, -0.2) is 42.4 Å². The number of halogens is 2. The van der Waals surface area contributed by atoms with Crippen LogP contribution in [-0.2, 0) is 9.31 Å². The first-order chi connectivity index (χ1) is 11.1. The van der Waals surface area contributed by atoms with Gasteiger partial charge in [0.2, 0.25) is 0 Å². The molecular weight excluding hydrogens is 315 g/mol. The fourth-order valence-corrected chi connectivity index (χ4v) is 2.72. The monoisotopic (exact) mass is 339 g/mol. The molecule has 2 aliphatic rings. The van der Waals surface area contributed by atoms with Crippen molar-refractivity contribution in [3.05, 3.63) is 24.3 Å². The first kappa shape index (κ1) is 17.6. The highest BCUT2D eigenvalue weighted by atomic mass is 19.3. The number of hydrogen-bond acceptors (Lipinski definition) is 4. The molecule has 0 saturated carbocycles. The lowest BCUT2D eigenvalue weighted by Gasteiger charge is -2.32. The Morgan fingerprint density at radius 1 is 0.958 bits per heavy atom. The molecule has 2 fully saturated rings. The summed E-state index contributed by atoms with van der Waals surface area (Å²) in [4.78, 5) is 5.67. The number of rotatable bonds is 3. The van der Waals surface area contributed by atoms with Crippen LogP contribution in [0.25, 0.3) is 0 Å². The molecule has 7 heteroatoms. The maximum atomic E-state index is 13.2. The van der Waals surface area contributed by atoms with E-state index in [1.807, 2.05) is 52.0 Å². The van der Waals surface area contributed by atoms with E-state index in [9.17, 15) is 8.78 Å². The summed E-state index contributed by atoms with van der Waals surface area (Å²) in [6.45, 7) is 8.50. The van der Waals surface area contributed by atoms with Gasteiger partial charge in [-0.25, -0.2) is 8.78 Å². The topological polar surface area (TPSA) is 30.9 Å². The Hall–Kier alpha value is -1.18. The summed E-state index contributed by atoms with van der Waals surface area (Å²) in [6, 6.07) is 7.40. The third kappa shape index (κ3) is 3.58. The first-order valence-corrected chi connectivity index (χ1v) is 8.34. The quantitative estimate of drug-likeness (QED) is 0.793. The smallest absolute Gasteiger partial charge is 0.406 e. The van der Waals surface area contributed by atoms with Gasteiger partial charge in [0.05, 0.1) is 11.2 Å². The normalized spacial score (nSPS) is 25.7. The summed E-state index contributed by atoms with van der Waals surface area (Å²) in [5, 5.41) is 1.58. The predicted octanol–water partition coefficient (Wildman–Crippen LogP) is 3.01. The summed E-state index contributed by atoms with van der Waals surface area (Å²) in [5.74, 6) is -1.94. The Labute approximate surface area is 142 Å². The van der Waals surface area contributed by atoms with Gasteiger partial charge in [0, 0.05) is 25.9 Å². The molecule has 2 saturated heterocycles. The van der Waals surface area contributed by atoms with Gasteiger partial charge in [0.15, 0.2) is 0 Å². The molecule has 132 valence electrons. The Bertz CT molecular complexity index is 566. The third-order valence-electron chi connectivity index (χ3n) is 5.09. The van der Waals surface area contributed by atoms with Crippen molar-refractivity contribution >= 4 is 12.6 Å². The standard InChI is InChI=1S/C17H24BF2NO3/c1-15(2)16(3,4)24-18(23-15)13-5-7-14(8-6-13)22-21-11-9-17(19,20)10-12-21/h5-8H,9-12H2,1-4H3. The molecule has 4 nitrogen and oxygen atoms in total. The van der Waals surface area contributed by atoms with Gasteiger partial charge in [0.1, 0.15) is 5.75 Å². The van der Waals surface area contributed by atoms with Crippen molar-refractivity contribution in [1.29, 1.82) is 0 Å². The molecule has 2 heterocycles. The summed E-state index contributed by atoms with van der Waals surface area (Å²) in [7, 11) is -0.419. The van der Waals surface area contributed by atoms with E-state index in [2.05, 4.69) is 0 Å². The fraction of sp³-hybridized carbons (Fsp3) is 0.647. The highest BCUT2D eigenvalue weighted by Gasteiger charge is 2.51. The zero-order chi connectivity index (χ0) is 17.6. The Morgan fingerprint density at radius 3 is 1.96 bits per heavy atom. The van der Waals surface area contributed by atoms with Gasteiger partial charge < -0.3 is 14.1 Å². The predicted molar refractivity (Wildman–Crippen MR) is 88.5 cm³/mol. The van der Waals surface area contributed by atoms with Crippen molar-refractivity contribution in [3.8, 4) is 5.75 Å². The Morgan fingerprint density at radius 2 is 1.46 bits per heavy atom. The first-order valence-electron chi connectivity index (χ1n) is 8.34. The van der Waals surface area contributed by atoms with Crippen molar-refractivity contribution in [2.75, 3.05) is 13.1 Å². The molecular formula is C17H24BF2NO3. The number of nitrogens with zero attached hydrogens (tertiary/aromatic N) is 1. The summed E-state index contributed by atoms with van der Waals surface area (Å²) in [6.07, 6.45) is -0.335. The molecule has 24 heavy (non-hydrogen) atoms. The van der Waals surface area contributed by atoms with Crippen LogP contribution in [0.1, 0.15) is 40.5 Å². The average molecular weight is 339 g/mol. The molecule has 0 spiro atoms. The zero-order valence-corrected chi connectivity index (χ0v) is 14.6. The van der Waals surface area contributed by atoms with Crippen LogP contribution in [0.5, 0.6) is 5.75 Å². The molecule has 0 aliphatic carbocycles. The lowest BCUT2D eigenvalue weighted by Crippen LogP contribution is -2.41. The average Bonchev–Trinajstić information content (AvgIpc) is 2.70. The number of alkyl halides is 2. The molecule has 1 aromatic rings. The third-order valence-corrected chi connectivity index (χ3v) is 5.09. The minimum Gasteiger partial charge on any atom is -0.406 e. The molecule has 0 amide bonds. The van der Waals surface area contributed by atoms with E-state index in [0.29, 0.717) is 5.75 Å². The molecule has 0 unspecified atom stereocenters. The maximum absolute atomic E-state index is 13.2. The summed E-state index contributed by atoms with van der Waals surface area (Å²) >= 11 is 0. The van der Waals surface area contributed by atoms with E-state index in [0.717, 1.165) is 5.46 Å². The van der Waals surface area contributed by atoms with Crippen molar-refractivity contribution in [3.63, 3.8) is 0 Å². The van der Waals surface area contributed by atoms with Crippen LogP contribution >= 0.6 is 0 Å². The van der Waals surface area contributed by atoms with Crippen molar-refractivity contribution in [1.82, 2.24) is 5.06 Å². The number of hydroxylamine groups is 2. The second-order valence-corrected chi connectivity index (χ2v) is 7.53. The van der Waals surface area contributed by atoms with E-state index in [1.54, 1.807) is 5.06 Å². The second-order valence-electron chi connectivity index (χ2n) is 7.53. The van der Waals surface area contributed by atoms with E-state index in [-0.39, 0.29) is 37.1 Å². The van der Waals surface area contributed by atoms with E-state index in [4.69, 9.17) is 14.1 Å². The van der Waals surface area contributed by atoms with Gasteiger partial charge in [-0.1, -0.05) is 12.1 Å². The van der Waals surface area contributed by atoms with E-state index < -0.39 is 13.0 Å². The van der Waals surface area contributed by atoms with Crippen molar-refractivity contribution in [2.45, 2.75) is 57.7 Å². The second kappa shape index (κ2) is 5.97. The van der Waals surface area contributed by atoms with Crippen molar-refractivity contribution in [2.24, 2.45) is 0 Å². The molecule has 0 atom stereocenters. The zero-order valence-electron chi connectivity index (χ0n) is 14.6. The summed E-state index contributed by atoms with van der Waals surface area (Å²) in [5.41, 5.74) is 0.142. The highest BCUT2D eigenvalue weighted by molar-refractivity contribution is 6.62. The number of hydrogen-bond donors (Lipinski definition) is 0. The lowest BCUT2D eigenvalue weighted by molar-refractivity contribution is -0.139. The van der Waals surface area contributed by atoms with Gasteiger partial charge >= 0.3 is 7.12 Å². The van der Waals surface area contributed by atoms with Crippen LogP contribution in [0.4, 0.5) is 8.78 Å². The van der Waals surface area contributed by atoms with Crippen LogP contribution in [0.3, 0.4) is 0 Å². The highest BCUT2D eigenvalue weighted by Crippen LogP contribution is 2.36. The molecule has 3 rings (SSSR count). The molecule has 1 aromatic carbocycles. The number of benzene rings is 1. The summed E-state index contributed by atoms with van der Waals surface area (Å²) < 4.78 is 38.3. The van der Waals surface area contributed by atoms with Crippen LogP contribution < -0.4 is 10.3 Å². The molecule has 0 aromatic heterocycles. The molecule has 2 aliphatic heterocycles. The molecule has 0 N–H and O–H groups in total. The fourth-order valence-electron chi connectivity index (χ4n) is 2.72. The SMILES string of the molecule is CC1(C)OB(c2ccc(ON3CCC(F)(F)CC3)cc2)OC1(C)C. The molecule has 0 radical (unpaired) electrons. The number of piperidine rings is 1. The van der Waals surface area contributed by atoms with Crippen LogP contribution in [0.15, 0.2) is 24.3 Å². The lowest BCUT2D eigenvalue weighted by atomic mass is 9.79. The van der Waals surface area contributed by atoms with Gasteiger partial charge in [0.25, 0.3) is 5.92 Å². The van der Waals surface area contributed by atoms with E-state index in [1.165, 1.54) is 0 Å². The van der Waals surface area contributed by atoms with E-state index >= 15 is 0 Å². The van der Waals surface area contributed by atoms with Gasteiger partial charge in [-0.2, -0.15) is 0 Å². The van der Waals surface area contributed by atoms with Crippen LogP contribution in [0, 0.1) is 0 Å². The van der Waals surface area contributed by atoms with Gasteiger partial charge in [-0.15, -0.1) is 5.06 Å². The Kier molecular flexibility index (Phi) is 4.39. The minimum absolute atomic E-state index is 0.168. The maximum Gasteiger partial charge on any atom is 0.494 e. The van der Waals surface area contributed by atoms with Gasteiger partial charge in [-0.05, 0) is 45.3 Å². The minimum atomic E-state index is -2.57. The van der Waals surface area contributed by atoms with Crippen LogP contribution in [0.2, 0.25) is 0 Å². The molecule has 0 bridgehead atoms. The Balaban J connectivity index is 1.61. The largest absolute Gasteiger partial charge is 0.494 e. The van der Waals surface area contributed by atoms with Gasteiger partial charge in [-0.3, -0.25) is 0 Å².